The lowest BCUT2D eigenvalue weighted by Gasteiger charge is -2.39. The lowest BCUT2D eigenvalue weighted by atomic mass is 9.83. The first kappa shape index (κ1) is 49.6. The molecule has 14 nitrogen and oxygen atoms in total. The van der Waals surface area contributed by atoms with Gasteiger partial charge in [0.1, 0.15) is 29.6 Å². The largest absolute Gasteiger partial charge is 0.498 e. The third kappa shape index (κ3) is 11.2. The summed E-state index contributed by atoms with van der Waals surface area (Å²) in [6, 6.07) is 0.410. The fraction of sp³-hybridized carbons (Fsp3) is 0.774. The van der Waals surface area contributed by atoms with Gasteiger partial charge in [-0.05, 0) is 94.6 Å². The fourth-order valence-corrected chi connectivity index (χ4v) is 13.3. The molecule has 15 heteroatoms. The molecule has 2 amide bonds. The van der Waals surface area contributed by atoms with Crippen LogP contribution in [-0.2, 0) is 42.7 Å². The molecular formula is C53H79N5O9S. The summed E-state index contributed by atoms with van der Waals surface area (Å²) in [5.74, 6) is 3.83. The third-order valence-electron chi connectivity index (χ3n) is 16.3. The van der Waals surface area contributed by atoms with E-state index in [1.807, 2.05) is 0 Å². The number of allylic oxidation sites excluding steroid dienone is 3. The number of ether oxygens (including phenoxy) is 7. The third-order valence-corrected chi connectivity index (χ3v) is 16.5. The van der Waals surface area contributed by atoms with Crippen molar-refractivity contribution in [3.8, 4) is 0 Å². The highest BCUT2D eigenvalue weighted by atomic mass is 32.1. The first-order valence-electron chi connectivity index (χ1n) is 26.0. The van der Waals surface area contributed by atoms with Crippen LogP contribution in [0.5, 0.6) is 0 Å². The first-order chi connectivity index (χ1) is 33.0. The highest BCUT2D eigenvalue weighted by Gasteiger charge is 2.51. The van der Waals surface area contributed by atoms with Crippen LogP contribution in [0.1, 0.15) is 110 Å². The number of methoxy groups -OCH3 is 3. The van der Waals surface area contributed by atoms with Gasteiger partial charge < -0.3 is 43.0 Å². The second kappa shape index (κ2) is 22.4. The average Bonchev–Trinajstić information content (AvgIpc) is 3.83. The number of nitrogens with zero attached hydrogens (tertiary/aromatic N) is 5. The average molecular weight is 962 g/mol. The molecule has 2 saturated heterocycles. The number of carbonyl (C=O) groups is 2. The first-order valence-corrected chi connectivity index (χ1v) is 26.4. The SMILES string of the molecule is COCCOCCOCCN(CC(C)(C)S)[C@@H]1C=C(COC2=C(OC)C[C@H]3C(=O)N4C5CCCC[C@H]5C[C@H]4C=NC3C2)CC(COC2=C(OC)C[C@@H]3C(=O)N4[C@@H]5CCCC=C5C[C@@H]4C=N[C@@H]3C2)C1. The van der Waals surface area contributed by atoms with E-state index >= 15 is 0 Å². The summed E-state index contributed by atoms with van der Waals surface area (Å²) in [6.45, 7) is 9.38. The van der Waals surface area contributed by atoms with Gasteiger partial charge in [-0.3, -0.25) is 24.5 Å². The maximum atomic E-state index is 14.3. The van der Waals surface area contributed by atoms with E-state index in [2.05, 4.69) is 53.1 Å². The predicted octanol–water partition coefficient (Wildman–Crippen LogP) is 7.10. The molecule has 0 spiro atoms. The number of amides is 2. The Hall–Kier alpha value is -3.37. The molecule has 1 saturated carbocycles. The molecule has 3 fully saturated rings. The number of hydrogen-bond donors (Lipinski definition) is 1. The Bertz CT molecular complexity index is 2000. The van der Waals surface area contributed by atoms with Gasteiger partial charge in [-0.25, -0.2) is 0 Å². The minimum atomic E-state index is -0.257. The van der Waals surface area contributed by atoms with E-state index in [0.717, 1.165) is 87.5 Å². The van der Waals surface area contributed by atoms with E-state index in [1.54, 1.807) is 21.3 Å². The van der Waals surface area contributed by atoms with Crippen LogP contribution in [0.2, 0.25) is 0 Å². The van der Waals surface area contributed by atoms with E-state index in [0.29, 0.717) is 83.9 Å². The summed E-state index contributed by atoms with van der Waals surface area (Å²) in [6.07, 6.45) is 22.6. The molecular weight excluding hydrogens is 883 g/mol. The molecule has 9 rings (SSSR count). The molecule has 0 aromatic carbocycles. The van der Waals surface area contributed by atoms with Crippen molar-refractivity contribution in [2.75, 3.05) is 80.7 Å². The molecule has 0 bridgehead atoms. The van der Waals surface area contributed by atoms with E-state index in [1.165, 1.54) is 30.4 Å². The van der Waals surface area contributed by atoms with Crippen LogP contribution < -0.4 is 0 Å². The van der Waals surface area contributed by atoms with Crippen molar-refractivity contribution < 1.29 is 42.7 Å². The normalized spacial score (nSPS) is 33.5. The van der Waals surface area contributed by atoms with Crippen molar-refractivity contribution in [1.82, 2.24) is 14.7 Å². The fourth-order valence-electron chi connectivity index (χ4n) is 13.1. The minimum Gasteiger partial charge on any atom is -0.498 e. The van der Waals surface area contributed by atoms with Crippen molar-refractivity contribution in [3.05, 3.63) is 46.3 Å². The van der Waals surface area contributed by atoms with Crippen molar-refractivity contribution >= 4 is 36.9 Å². The zero-order chi connectivity index (χ0) is 47.4. The van der Waals surface area contributed by atoms with E-state index in [4.69, 9.17) is 55.8 Å². The predicted molar refractivity (Wildman–Crippen MR) is 265 cm³/mol. The number of rotatable bonds is 20. The van der Waals surface area contributed by atoms with Crippen LogP contribution in [0, 0.1) is 23.7 Å². The molecule has 4 heterocycles. The summed E-state index contributed by atoms with van der Waals surface area (Å²) in [5.41, 5.74) is 2.60. The summed E-state index contributed by atoms with van der Waals surface area (Å²) < 4.78 is 42.4. The molecule has 11 atom stereocenters. The summed E-state index contributed by atoms with van der Waals surface area (Å²) >= 11 is 5.02. The van der Waals surface area contributed by atoms with Gasteiger partial charge in [0.25, 0.3) is 0 Å². The lowest BCUT2D eigenvalue weighted by Crippen LogP contribution is -2.48. The smallest absolute Gasteiger partial charge is 0.229 e. The Balaban J connectivity index is 0.901. The van der Waals surface area contributed by atoms with Gasteiger partial charge in [0.05, 0.1) is 95.9 Å². The van der Waals surface area contributed by atoms with Gasteiger partial charge in [0, 0.05) is 75.1 Å². The van der Waals surface area contributed by atoms with Gasteiger partial charge in [0.15, 0.2) is 0 Å². The Kier molecular flexibility index (Phi) is 16.3. The maximum absolute atomic E-state index is 14.3. The summed E-state index contributed by atoms with van der Waals surface area (Å²) in [7, 11) is 5.07. The lowest BCUT2D eigenvalue weighted by molar-refractivity contribution is -0.139. The maximum Gasteiger partial charge on any atom is 0.229 e. The van der Waals surface area contributed by atoms with Crippen molar-refractivity contribution in [1.29, 1.82) is 0 Å². The molecule has 4 aliphatic heterocycles. The summed E-state index contributed by atoms with van der Waals surface area (Å²) in [5, 5.41) is 0. The molecule has 3 unspecified atom stereocenters. The van der Waals surface area contributed by atoms with E-state index < -0.39 is 0 Å². The topological polar surface area (TPSA) is 133 Å². The number of carbonyl (C=O) groups excluding carboxylic acids is 2. The number of hydrogen-bond acceptors (Lipinski definition) is 13. The summed E-state index contributed by atoms with van der Waals surface area (Å²) in [4.78, 5) is 45.7. The molecule has 376 valence electrons. The van der Waals surface area contributed by atoms with Gasteiger partial charge in [0.2, 0.25) is 11.8 Å². The number of aliphatic imine (C=N–C) groups is 2. The Morgan fingerprint density at radius 3 is 2.13 bits per heavy atom. The minimum absolute atomic E-state index is 0.0319. The van der Waals surface area contributed by atoms with Crippen LogP contribution in [0.25, 0.3) is 0 Å². The van der Waals surface area contributed by atoms with Gasteiger partial charge in [-0.1, -0.05) is 25.0 Å². The van der Waals surface area contributed by atoms with Crippen LogP contribution in [0.3, 0.4) is 0 Å². The quantitative estimate of drug-likeness (QED) is 0.0766. The molecule has 68 heavy (non-hydrogen) atoms. The molecule has 0 aromatic heterocycles. The van der Waals surface area contributed by atoms with Crippen LogP contribution in [-0.4, -0.2) is 167 Å². The standard InChI is InChI=1S/C53H79N5O9S/c1-53(2,68)33-56(14-15-64-18-19-65-17-16-61-3)38-21-34(31-66-49-27-43-41(25-47(49)62-4)51(59)57-39(29-54-43)23-36-10-6-8-12-45(36)57)20-35(22-38)32-67-50-28-44-42(26-48(50)63-5)52(60)58-40(30-55-44)24-37-11-7-9-13-46(37)58/h10,22,29-30,34,37-46,68H,6-9,11-21,23-28,31-33H2,1-5H3/t34?,37-,38-,39+,40-,41-,42+,43+,44?,45+,46?/m0/s1. The van der Waals surface area contributed by atoms with Crippen molar-refractivity contribution in [2.24, 2.45) is 33.7 Å². The van der Waals surface area contributed by atoms with Gasteiger partial charge in [-0.15, -0.1) is 0 Å². The Morgan fingerprint density at radius 1 is 0.735 bits per heavy atom. The second-order valence-corrected chi connectivity index (χ2v) is 22.8. The molecule has 0 radical (unpaired) electrons. The van der Waals surface area contributed by atoms with Gasteiger partial charge >= 0.3 is 0 Å². The molecule has 9 aliphatic rings. The van der Waals surface area contributed by atoms with E-state index in [9.17, 15) is 9.59 Å². The highest BCUT2D eigenvalue weighted by Crippen LogP contribution is 2.46. The number of fused-ring (bicyclic) bond motifs is 8. The Morgan fingerprint density at radius 2 is 1.41 bits per heavy atom. The highest BCUT2D eigenvalue weighted by molar-refractivity contribution is 7.81. The zero-order valence-corrected chi connectivity index (χ0v) is 42.4. The van der Waals surface area contributed by atoms with Gasteiger partial charge in [-0.2, -0.15) is 12.6 Å². The molecule has 5 aliphatic carbocycles. The Labute approximate surface area is 410 Å². The van der Waals surface area contributed by atoms with Crippen LogP contribution in [0.4, 0.5) is 0 Å². The van der Waals surface area contributed by atoms with Crippen molar-refractivity contribution in [2.45, 2.75) is 157 Å². The number of thiol groups is 1. The van der Waals surface area contributed by atoms with E-state index in [-0.39, 0.29) is 70.6 Å². The van der Waals surface area contributed by atoms with Crippen LogP contribution in [0.15, 0.2) is 56.3 Å². The van der Waals surface area contributed by atoms with Crippen LogP contribution >= 0.6 is 12.6 Å². The monoisotopic (exact) mass is 962 g/mol. The van der Waals surface area contributed by atoms with Crippen molar-refractivity contribution in [3.63, 3.8) is 0 Å². The molecule has 0 N–H and O–H groups in total. The second-order valence-electron chi connectivity index (χ2n) is 21.6. The molecule has 0 aromatic rings. The zero-order valence-electron chi connectivity index (χ0n) is 41.5.